The zero-order valence-electron chi connectivity index (χ0n) is 17.8. The van der Waals surface area contributed by atoms with Crippen molar-refractivity contribution in [3.05, 3.63) is 101 Å². The van der Waals surface area contributed by atoms with Crippen LogP contribution in [0.1, 0.15) is 27.2 Å². The highest BCUT2D eigenvalue weighted by atomic mass is 19.1. The molecule has 0 aliphatic rings. The van der Waals surface area contributed by atoms with Gasteiger partial charge in [-0.15, -0.1) is 0 Å². The van der Waals surface area contributed by atoms with E-state index < -0.39 is 17.6 Å². The Kier molecular flexibility index (Phi) is 6.22. The molecule has 5 nitrogen and oxygen atoms in total. The molecule has 1 aromatic heterocycles. The Labute approximate surface area is 188 Å². The number of ether oxygens (including phenoxy) is 1. The maximum absolute atomic E-state index is 13.7. The number of carbonyl (C=O) groups is 2. The minimum Gasteiger partial charge on any atom is -0.493 e. The summed E-state index contributed by atoms with van der Waals surface area (Å²) < 4.78 is 34.6. The van der Waals surface area contributed by atoms with Gasteiger partial charge in [-0.25, -0.2) is 8.78 Å². The number of benzene rings is 3. The van der Waals surface area contributed by atoms with E-state index in [9.17, 15) is 18.4 Å². The van der Waals surface area contributed by atoms with E-state index >= 15 is 0 Å². The summed E-state index contributed by atoms with van der Waals surface area (Å²) in [5.74, 6) is -1.94. The lowest BCUT2D eigenvalue weighted by Crippen LogP contribution is -2.13. The molecule has 0 spiro atoms. The Balaban J connectivity index is 1.50. The van der Waals surface area contributed by atoms with E-state index in [1.807, 2.05) is 6.07 Å². The molecule has 0 unspecified atom stereocenters. The molecule has 0 aliphatic carbocycles. The number of hydrogen-bond acceptors (Lipinski definition) is 3. The summed E-state index contributed by atoms with van der Waals surface area (Å²) in [6.07, 6.45) is -0.0514. The Hall–Kier alpha value is -4.00. The number of aromatic nitrogens is 1. The second kappa shape index (κ2) is 9.24. The van der Waals surface area contributed by atoms with Crippen LogP contribution in [0.5, 0.6) is 5.75 Å². The van der Waals surface area contributed by atoms with Crippen molar-refractivity contribution < 1.29 is 28.2 Å². The minimum absolute atomic E-state index is 0.0264. The van der Waals surface area contributed by atoms with Gasteiger partial charge in [0.1, 0.15) is 17.4 Å². The van der Waals surface area contributed by atoms with Crippen LogP contribution in [0.2, 0.25) is 0 Å². The first kappa shape index (κ1) is 22.2. The summed E-state index contributed by atoms with van der Waals surface area (Å²) >= 11 is 0. The molecule has 0 saturated carbocycles. The largest absolute Gasteiger partial charge is 0.493 e. The second-order valence-corrected chi connectivity index (χ2v) is 7.67. The molecule has 0 radical (unpaired) electrons. The Morgan fingerprint density at radius 1 is 0.970 bits per heavy atom. The first-order chi connectivity index (χ1) is 15.8. The fourth-order valence-corrected chi connectivity index (χ4v) is 3.88. The van der Waals surface area contributed by atoms with Gasteiger partial charge in [0.15, 0.2) is 0 Å². The molecule has 0 atom stereocenters. The summed E-state index contributed by atoms with van der Waals surface area (Å²) in [5.41, 5.74) is 2.38. The molecule has 4 rings (SSSR count). The van der Waals surface area contributed by atoms with Crippen molar-refractivity contribution in [1.29, 1.82) is 0 Å². The van der Waals surface area contributed by atoms with Crippen LogP contribution in [-0.2, 0) is 17.6 Å². The monoisotopic (exact) mass is 449 g/mol. The molecule has 1 N–H and O–H groups in total. The third kappa shape index (κ3) is 4.62. The Morgan fingerprint density at radius 2 is 1.64 bits per heavy atom. The number of nitrogens with zero attached hydrogens (tertiary/aromatic N) is 1. The Bertz CT molecular complexity index is 1320. The van der Waals surface area contributed by atoms with E-state index in [1.165, 1.54) is 18.2 Å². The highest BCUT2D eigenvalue weighted by molar-refractivity contribution is 6.04. The molecule has 0 amide bonds. The van der Waals surface area contributed by atoms with E-state index in [4.69, 9.17) is 9.84 Å². The molecule has 7 heteroatoms. The van der Waals surface area contributed by atoms with Gasteiger partial charge in [0.05, 0.1) is 18.5 Å². The summed E-state index contributed by atoms with van der Waals surface area (Å²) in [7, 11) is 0. The molecular weight excluding hydrogens is 428 g/mol. The fourth-order valence-electron chi connectivity index (χ4n) is 3.88. The number of carboxylic acids is 1. The predicted octanol–water partition coefficient (Wildman–Crippen LogP) is 5.17. The van der Waals surface area contributed by atoms with E-state index in [0.29, 0.717) is 28.1 Å². The number of carboxylic acid groups (broad SMARTS) is 1. The predicted molar refractivity (Wildman–Crippen MR) is 120 cm³/mol. The van der Waals surface area contributed by atoms with Gasteiger partial charge in [-0.2, -0.15) is 0 Å². The van der Waals surface area contributed by atoms with Crippen molar-refractivity contribution in [3.8, 4) is 5.75 Å². The van der Waals surface area contributed by atoms with Gasteiger partial charge in [-0.1, -0.05) is 18.2 Å². The van der Waals surface area contributed by atoms with Crippen LogP contribution in [0.3, 0.4) is 0 Å². The number of aliphatic carboxylic acids is 1. The van der Waals surface area contributed by atoms with Gasteiger partial charge in [0.2, 0.25) is 0 Å². The second-order valence-electron chi connectivity index (χ2n) is 7.67. The number of carbonyl (C=O) groups excluding carboxylic acids is 1. The standard InChI is InChI=1S/C26H21F2NO4/c1-16-14-21-18(15-25(30)31)4-2-7-24(21)29(16)26(32)17-8-10-19(11-9-17)33-13-12-20-22(27)5-3-6-23(20)28/h2-11,14H,12-13,15H2,1H3,(H,30,31). The van der Waals surface area contributed by atoms with E-state index in [2.05, 4.69) is 0 Å². The van der Waals surface area contributed by atoms with Crippen molar-refractivity contribution in [2.45, 2.75) is 19.8 Å². The van der Waals surface area contributed by atoms with Gasteiger partial charge in [0, 0.05) is 28.6 Å². The third-order valence-electron chi connectivity index (χ3n) is 5.45. The molecule has 168 valence electrons. The van der Waals surface area contributed by atoms with Crippen LogP contribution in [0.4, 0.5) is 8.78 Å². The molecule has 0 saturated heterocycles. The maximum atomic E-state index is 13.7. The molecule has 0 fully saturated rings. The van der Waals surface area contributed by atoms with Gasteiger partial charge >= 0.3 is 5.97 Å². The number of fused-ring (bicyclic) bond motifs is 1. The van der Waals surface area contributed by atoms with Gasteiger partial charge in [-0.3, -0.25) is 14.2 Å². The number of halogens is 2. The van der Waals surface area contributed by atoms with Crippen LogP contribution >= 0.6 is 0 Å². The SMILES string of the molecule is Cc1cc2c(CC(=O)O)cccc2n1C(=O)c1ccc(OCCc2c(F)cccc2F)cc1. The lowest BCUT2D eigenvalue weighted by Gasteiger charge is -2.10. The van der Waals surface area contributed by atoms with Crippen LogP contribution < -0.4 is 4.74 Å². The number of rotatable bonds is 7. The van der Waals surface area contributed by atoms with Crippen LogP contribution in [0.25, 0.3) is 10.9 Å². The first-order valence-corrected chi connectivity index (χ1v) is 10.4. The van der Waals surface area contributed by atoms with Crippen LogP contribution in [0, 0.1) is 18.6 Å². The molecule has 0 aliphatic heterocycles. The number of hydrogen-bond donors (Lipinski definition) is 1. The lowest BCUT2D eigenvalue weighted by molar-refractivity contribution is -0.136. The lowest BCUT2D eigenvalue weighted by atomic mass is 10.1. The fraction of sp³-hybridized carbons (Fsp3) is 0.154. The van der Waals surface area contributed by atoms with Crippen molar-refractivity contribution in [1.82, 2.24) is 4.57 Å². The van der Waals surface area contributed by atoms with Gasteiger partial charge < -0.3 is 9.84 Å². The molecule has 0 bridgehead atoms. The molecule has 4 aromatic rings. The average molecular weight is 449 g/mol. The van der Waals surface area contributed by atoms with Crippen molar-refractivity contribution in [2.75, 3.05) is 6.61 Å². The Morgan fingerprint density at radius 3 is 2.30 bits per heavy atom. The summed E-state index contributed by atoms with van der Waals surface area (Å²) in [6, 6.07) is 17.3. The average Bonchev–Trinajstić information content (AvgIpc) is 3.12. The summed E-state index contributed by atoms with van der Waals surface area (Å²) in [4.78, 5) is 24.3. The zero-order chi connectivity index (χ0) is 23.5. The van der Waals surface area contributed by atoms with Crippen LogP contribution in [-0.4, -0.2) is 28.2 Å². The molecular formula is C26H21F2NO4. The third-order valence-corrected chi connectivity index (χ3v) is 5.45. The summed E-state index contributed by atoms with van der Waals surface area (Å²) in [6.45, 7) is 1.88. The quantitative estimate of drug-likeness (QED) is 0.423. The van der Waals surface area contributed by atoms with Gasteiger partial charge in [0.25, 0.3) is 5.91 Å². The normalized spacial score (nSPS) is 11.0. The highest BCUT2D eigenvalue weighted by Gasteiger charge is 2.17. The smallest absolute Gasteiger partial charge is 0.307 e. The van der Waals surface area contributed by atoms with Crippen molar-refractivity contribution in [2.24, 2.45) is 0 Å². The summed E-state index contributed by atoms with van der Waals surface area (Å²) in [5, 5.41) is 9.87. The van der Waals surface area contributed by atoms with Gasteiger partial charge in [-0.05, 0) is 61.0 Å². The molecule has 3 aromatic carbocycles. The van der Waals surface area contributed by atoms with Crippen molar-refractivity contribution in [3.63, 3.8) is 0 Å². The maximum Gasteiger partial charge on any atom is 0.307 e. The first-order valence-electron chi connectivity index (χ1n) is 10.4. The minimum atomic E-state index is -0.937. The van der Waals surface area contributed by atoms with E-state index in [1.54, 1.807) is 54.0 Å². The zero-order valence-corrected chi connectivity index (χ0v) is 17.8. The molecule has 1 heterocycles. The highest BCUT2D eigenvalue weighted by Crippen LogP contribution is 2.25. The molecule has 33 heavy (non-hydrogen) atoms. The van der Waals surface area contributed by atoms with E-state index in [-0.39, 0.29) is 30.9 Å². The van der Waals surface area contributed by atoms with Crippen LogP contribution in [0.15, 0.2) is 66.7 Å². The topological polar surface area (TPSA) is 68.5 Å². The van der Waals surface area contributed by atoms with E-state index in [0.717, 1.165) is 5.39 Å². The van der Waals surface area contributed by atoms with Crippen molar-refractivity contribution >= 4 is 22.8 Å². The number of aryl methyl sites for hydroxylation is 1.